The molecule has 0 spiro atoms. The molecule has 0 aliphatic heterocycles. The third-order valence-electron chi connectivity index (χ3n) is 3.45. The van der Waals surface area contributed by atoms with Gasteiger partial charge in [0.05, 0.1) is 5.69 Å². The summed E-state index contributed by atoms with van der Waals surface area (Å²) in [4.78, 5) is 4.50. The van der Waals surface area contributed by atoms with Crippen LogP contribution in [0.4, 0.5) is 5.69 Å². The van der Waals surface area contributed by atoms with Gasteiger partial charge >= 0.3 is 0 Å². The van der Waals surface area contributed by atoms with Crippen molar-refractivity contribution in [2.45, 2.75) is 0 Å². The Hall–Kier alpha value is -3.03. The summed E-state index contributed by atoms with van der Waals surface area (Å²) >= 11 is 3.46. The van der Waals surface area contributed by atoms with Crippen LogP contribution in [0.2, 0.25) is 0 Å². The van der Waals surface area contributed by atoms with Crippen molar-refractivity contribution in [2.24, 2.45) is 4.99 Å². The van der Waals surface area contributed by atoms with Crippen LogP contribution in [0.3, 0.4) is 0 Å². The number of terminal acetylenes is 1. The van der Waals surface area contributed by atoms with Crippen molar-refractivity contribution in [3.05, 3.63) is 82.8 Å². The molecule has 3 rings (SSSR count). The van der Waals surface area contributed by atoms with Crippen LogP contribution in [0.1, 0.15) is 5.56 Å². The molecular formula is C22H16BrNO2. The minimum absolute atomic E-state index is 0.216. The molecule has 128 valence electrons. The minimum atomic E-state index is 0.216. The Kier molecular flexibility index (Phi) is 6.08. The first-order valence-corrected chi connectivity index (χ1v) is 8.77. The lowest BCUT2D eigenvalue weighted by Gasteiger charge is -2.07. The first-order valence-electron chi connectivity index (χ1n) is 7.97. The normalized spacial score (nSPS) is 10.5. The SMILES string of the molecule is C#CCOc1ccc(Br)cc1C=Nc1ccc(Oc2ccccc2)cc1. The first-order chi connectivity index (χ1) is 12.7. The van der Waals surface area contributed by atoms with E-state index in [-0.39, 0.29) is 6.61 Å². The Labute approximate surface area is 161 Å². The molecule has 0 saturated heterocycles. The second kappa shape index (κ2) is 8.89. The minimum Gasteiger partial charge on any atom is -0.480 e. The standard InChI is InChI=1S/C22H16BrNO2/c1-2-14-25-22-13-8-18(23)15-17(22)16-24-19-9-11-21(12-10-19)26-20-6-4-3-5-7-20/h1,3-13,15-16H,14H2. The monoisotopic (exact) mass is 405 g/mol. The van der Waals surface area contributed by atoms with Gasteiger partial charge < -0.3 is 9.47 Å². The Morgan fingerprint density at radius 2 is 1.69 bits per heavy atom. The number of aliphatic imine (C=N–C) groups is 1. The van der Waals surface area contributed by atoms with Gasteiger partial charge in [0.2, 0.25) is 0 Å². The topological polar surface area (TPSA) is 30.8 Å². The van der Waals surface area contributed by atoms with Gasteiger partial charge in [0.15, 0.2) is 0 Å². The number of ether oxygens (including phenoxy) is 2. The molecule has 0 fully saturated rings. The van der Waals surface area contributed by atoms with Gasteiger partial charge in [-0.2, -0.15) is 0 Å². The van der Waals surface area contributed by atoms with Gasteiger partial charge in [-0.05, 0) is 54.6 Å². The van der Waals surface area contributed by atoms with Gasteiger partial charge in [0, 0.05) is 16.3 Å². The van der Waals surface area contributed by atoms with Crippen LogP contribution in [-0.2, 0) is 0 Å². The molecular weight excluding hydrogens is 390 g/mol. The second-order valence-corrected chi connectivity index (χ2v) is 6.26. The van der Waals surface area contributed by atoms with Crippen molar-refractivity contribution in [3.8, 4) is 29.6 Å². The van der Waals surface area contributed by atoms with Crippen LogP contribution in [0.15, 0.2) is 82.3 Å². The van der Waals surface area contributed by atoms with E-state index in [0.29, 0.717) is 5.75 Å². The van der Waals surface area contributed by atoms with Gasteiger partial charge in [-0.25, -0.2) is 0 Å². The van der Waals surface area contributed by atoms with Gasteiger partial charge in [0.1, 0.15) is 23.9 Å². The van der Waals surface area contributed by atoms with Crippen molar-refractivity contribution in [1.82, 2.24) is 0 Å². The average molecular weight is 406 g/mol. The van der Waals surface area contributed by atoms with Crippen LogP contribution < -0.4 is 9.47 Å². The zero-order chi connectivity index (χ0) is 18.2. The maximum atomic E-state index is 5.78. The summed E-state index contributed by atoms with van der Waals surface area (Å²) in [7, 11) is 0. The molecule has 0 saturated carbocycles. The Morgan fingerprint density at radius 3 is 2.42 bits per heavy atom. The zero-order valence-corrected chi connectivity index (χ0v) is 15.5. The predicted octanol–water partition coefficient (Wildman–Crippen LogP) is 6.00. The Morgan fingerprint density at radius 1 is 0.962 bits per heavy atom. The molecule has 3 nitrogen and oxygen atoms in total. The maximum Gasteiger partial charge on any atom is 0.148 e. The highest BCUT2D eigenvalue weighted by atomic mass is 79.9. The van der Waals surface area contributed by atoms with Gasteiger partial charge in [0.25, 0.3) is 0 Å². The van der Waals surface area contributed by atoms with E-state index in [1.807, 2.05) is 72.8 Å². The lowest BCUT2D eigenvalue weighted by atomic mass is 10.2. The van der Waals surface area contributed by atoms with Crippen LogP contribution in [-0.4, -0.2) is 12.8 Å². The molecule has 0 aromatic heterocycles. The molecule has 3 aromatic rings. The predicted molar refractivity (Wildman–Crippen MR) is 109 cm³/mol. The molecule has 0 atom stereocenters. The molecule has 0 unspecified atom stereocenters. The molecule has 0 heterocycles. The molecule has 26 heavy (non-hydrogen) atoms. The molecule has 0 radical (unpaired) electrons. The van der Waals surface area contributed by atoms with E-state index >= 15 is 0 Å². The van der Waals surface area contributed by atoms with Gasteiger partial charge in [-0.3, -0.25) is 4.99 Å². The van der Waals surface area contributed by atoms with Crippen molar-refractivity contribution in [3.63, 3.8) is 0 Å². The summed E-state index contributed by atoms with van der Waals surface area (Å²) in [6.07, 6.45) is 7.01. The van der Waals surface area contributed by atoms with Crippen molar-refractivity contribution in [2.75, 3.05) is 6.61 Å². The van der Waals surface area contributed by atoms with Crippen LogP contribution >= 0.6 is 15.9 Å². The van der Waals surface area contributed by atoms with E-state index in [1.54, 1.807) is 6.21 Å². The Bertz CT molecular complexity index is 929. The fraction of sp³-hybridized carbons (Fsp3) is 0.0455. The largest absolute Gasteiger partial charge is 0.480 e. The average Bonchev–Trinajstić information content (AvgIpc) is 2.67. The highest BCUT2D eigenvalue weighted by Gasteiger charge is 2.03. The summed E-state index contributed by atoms with van der Waals surface area (Å²) in [5.74, 6) is 4.72. The molecule has 0 aliphatic rings. The zero-order valence-electron chi connectivity index (χ0n) is 13.9. The lowest BCUT2D eigenvalue weighted by molar-refractivity contribution is 0.370. The van der Waals surface area contributed by atoms with Crippen molar-refractivity contribution >= 4 is 27.8 Å². The molecule has 0 bridgehead atoms. The fourth-order valence-corrected chi connectivity index (χ4v) is 2.62. The van der Waals surface area contributed by atoms with Crippen molar-refractivity contribution in [1.29, 1.82) is 0 Å². The van der Waals surface area contributed by atoms with Crippen LogP contribution in [0.5, 0.6) is 17.2 Å². The number of para-hydroxylation sites is 1. The van der Waals surface area contributed by atoms with Gasteiger partial charge in [-0.1, -0.05) is 40.0 Å². The number of hydrogen-bond donors (Lipinski definition) is 0. The Balaban J connectivity index is 1.73. The number of halogens is 1. The number of hydrogen-bond acceptors (Lipinski definition) is 3. The maximum absolute atomic E-state index is 5.78. The molecule has 0 amide bonds. The molecule has 3 aromatic carbocycles. The highest BCUT2D eigenvalue weighted by Crippen LogP contribution is 2.25. The summed E-state index contributed by atoms with van der Waals surface area (Å²) < 4.78 is 12.3. The van der Waals surface area contributed by atoms with E-state index in [9.17, 15) is 0 Å². The highest BCUT2D eigenvalue weighted by molar-refractivity contribution is 9.10. The van der Waals surface area contributed by atoms with E-state index < -0.39 is 0 Å². The van der Waals surface area contributed by atoms with Crippen LogP contribution in [0.25, 0.3) is 0 Å². The lowest BCUT2D eigenvalue weighted by Crippen LogP contribution is -1.97. The second-order valence-electron chi connectivity index (χ2n) is 5.34. The summed E-state index contributed by atoms with van der Waals surface area (Å²) in [6.45, 7) is 0.216. The summed E-state index contributed by atoms with van der Waals surface area (Å²) in [5.41, 5.74) is 1.66. The molecule has 4 heteroatoms. The third kappa shape index (κ3) is 4.98. The quantitative estimate of drug-likeness (QED) is 0.371. The van der Waals surface area contributed by atoms with E-state index in [4.69, 9.17) is 15.9 Å². The van der Waals surface area contributed by atoms with E-state index in [1.165, 1.54) is 0 Å². The van der Waals surface area contributed by atoms with Gasteiger partial charge in [-0.15, -0.1) is 6.42 Å². The first kappa shape index (κ1) is 17.8. The van der Waals surface area contributed by atoms with E-state index in [2.05, 4.69) is 26.8 Å². The third-order valence-corrected chi connectivity index (χ3v) is 3.94. The summed E-state index contributed by atoms with van der Waals surface area (Å²) in [5, 5.41) is 0. The molecule has 0 aliphatic carbocycles. The number of benzene rings is 3. The van der Waals surface area contributed by atoms with E-state index in [0.717, 1.165) is 27.2 Å². The summed E-state index contributed by atoms with van der Waals surface area (Å²) in [6, 6.07) is 22.9. The van der Waals surface area contributed by atoms with Crippen LogP contribution in [0, 0.1) is 12.3 Å². The number of nitrogens with zero attached hydrogens (tertiary/aromatic N) is 1. The van der Waals surface area contributed by atoms with Crippen molar-refractivity contribution < 1.29 is 9.47 Å². The fourth-order valence-electron chi connectivity index (χ4n) is 2.24. The molecule has 0 N–H and O–H groups in total. The number of rotatable bonds is 6. The smallest absolute Gasteiger partial charge is 0.148 e.